The van der Waals surface area contributed by atoms with E-state index in [1.807, 2.05) is 0 Å². The van der Waals surface area contributed by atoms with Crippen molar-refractivity contribution < 1.29 is 24.5 Å². The summed E-state index contributed by atoms with van der Waals surface area (Å²) < 4.78 is 5.13. The molecule has 1 aliphatic rings. The summed E-state index contributed by atoms with van der Waals surface area (Å²) in [6.07, 6.45) is -0.885. The lowest BCUT2D eigenvalue weighted by atomic mass is 10.0. The van der Waals surface area contributed by atoms with Gasteiger partial charge in [0, 0.05) is 13.0 Å². The molecule has 1 amide bonds. The van der Waals surface area contributed by atoms with E-state index in [1.54, 1.807) is 20.8 Å². The van der Waals surface area contributed by atoms with Crippen LogP contribution in [0.2, 0.25) is 0 Å². The van der Waals surface area contributed by atoms with Crippen LogP contribution in [-0.2, 0) is 9.53 Å². The first kappa shape index (κ1) is 13.8. The van der Waals surface area contributed by atoms with Crippen LogP contribution in [0.15, 0.2) is 0 Å². The lowest BCUT2D eigenvalue weighted by Crippen LogP contribution is -2.52. The summed E-state index contributed by atoms with van der Waals surface area (Å²) in [5.41, 5.74) is -0.657. The smallest absolute Gasteiger partial charge is 0.411 e. The Labute approximate surface area is 100 Å². The summed E-state index contributed by atoms with van der Waals surface area (Å²) in [4.78, 5) is 24.0. The molecule has 1 saturated heterocycles. The number of nitrogens with zero attached hydrogens (tertiary/aromatic N) is 1. The van der Waals surface area contributed by atoms with Crippen molar-refractivity contribution in [1.29, 1.82) is 0 Å². The largest absolute Gasteiger partial charge is 0.480 e. The average molecular weight is 245 g/mol. The molecule has 17 heavy (non-hydrogen) atoms. The van der Waals surface area contributed by atoms with Crippen molar-refractivity contribution in [2.75, 3.05) is 6.54 Å². The second-order valence-corrected chi connectivity index (χ2v) is 5.21. The van der Waals surface area contributed by atoms with Gasteiger partial charge in [0.15, 0.2) is 0 Å². The third-order valence-corrected chi connectivity index (χ3v) is 2.49. The van der Waals surface area contributed by atoms with Crippen LogP contribution in [0.4, 0.5) is 4.79 Å². The van der Waals surface area contributed by atoms with E-state index in [0.29, 0.717) is 6.42 Å². The normalized spacial score (nSPS) is 25.5. The molecule has 0 aromatic heterocycles. The molecule has 98 valence electrons. The van der Waals surface area contributed by atoms with Gasteiger partial charge in [0.1, 0.15) is 11.6 Å². The van der Waals surface area contributed by atoms with E-state index in [4.69, 9.17) is 9.84 Å². The fourth-order valence-corrected chi connectivity index (χ4v) is 1.72. The lowest BCUT2D eigenvalue weighted by molar-refractivity contribution is -0.146. The molecule has 0 radical (unpaired) electrons. The first-order valence-electron chi connectivity index (χ1n) is 5.61. The lowest BCUT2D eigenvalue weighted by Gasteiger charge is -2.36. The highest BCUT2D eigenvalue weighted by molar-refractivity contribution is 5.80. The molecule has 1 aliphatic heterocycles. The van der Waals surface area contributed by atoms with E-state index in [2.05, 4.69) is 0 Å². The van der Waals surface area contributed by atoms with Crippen LogP contribution >= 0.6 is 0 Å². The topological polar surface area (TPSA) is 87.1 Å². The number of carboxylic acid groups (broad SMARTS) is 1. The van der Waals surface area contributed by atoms with Gasteiger partial charge < -0.3 is 14.9 Å². The van der Waals surface area contributed by atoms with E-state index in [1.165, 1.54) is 4.90 Å². The van der Waals surface area contributed by atoms with Crippen molar-refractivity contribution in [3.8, 4) is 0 Å². The van der Waals surface area contributed by atoms with E-state index in [9.17, 15) is 14.7 Å². The maximum Gasteiger partial charge on any atom is 0.411 e. The molecule has 1 heterocycles. The number of ether oxygens (including phenoxy) is 1. The molecule has 6 heteroatoms. The molecule has 6 nitrogen and oxygen atoms in total. The molecule has 2 atom stereocenters. The summed E-state index contributed by atoms with van der Waals surface area (Å²) in [5.74, 6) is -1.12. The number of aliphatic carboxylic acids is 1. The Morgan fingerprint density at radius 2 is 1.94 bits per heavy atom. The molecule has 0 unspecified atom stereocenters. The van der Waals surface area contributed by atoms with Gasteiger partial charge in [0.25, 0.3) is 0 Å². The predicted molar refractivity (Wildman–Crippen MR) is 59.6 cm³/mol. The van der Waals surface area contributed by atoms with Gasteiger partial charge in [-0.05, 0) is 27.2 Å². The highest BCUT2D eigenvalue weighted by atomic mass is 16.6. The molecule has 0 aliphatic carbocycles. The first-order chi connectivity index (χ1) is 7.70. The Kier molecular flexibility index (Phi) is 3.98. The van der Waals surface area contributed by atoms with Gasteiger partial charge in [-0.3, -0.25) is 4.90 Å². The van der Waals surface area contributed by atoms with E-state index >= 15 is 0 Å². The van der Waals surface area contributed by atoms with Crippen LogP contribution in [0.1, 0.15) is 33.6 Å². The third-order valence-electron chi connectivity index (χ3n) is 2.49. The summed E-state index contributed by atoms with van der Waals surface area (Å²) in [7, 11) is 0. The number of rotatable bonds is 1. The molecule has 2 N–H and O–H groups in total. The monoisotopic (exact) mass is 245 g/mol. The molecular weight excluding hydrogens is 226 g/mol. The number of likely N-dealkylation sites (tertiary alicyclic amines) is 1. The maximum absolute atomic E-state index is 11.8. The SMILES string of the molecule is CC(C)(C)OC(=O)N1CC[C@H](O)C[C@@H]1C(=O)O. The highest BCUT2D eigenvalue weighted by Crippen LogP contribution is 2.20. The second-order valence-electron chi connectivity index (χ2n) is 5.21. The zero-order valence-corrected chi connectivity index (χ0v) is 10.3. The number of hydrogen-bond donors (Lipinski definition) is 2. The highest BCUT2D eigenvalue weighted by Gasteiger charge is 2.37. The van der Waals surface area contributed by atoms with Gasteiger partial charge in [-0.2, -0.15) is 0 Å². The van der Waals surface area contributed by atoms with Gasteiger partial charge in [-0.1, -0.05) is 0 Å². The fraction of sp³-hybridized carbons (Fsp3) is 0.818. The van der Waals surface area contributed by atoms with Crippen molar-refractivity contribution in [1.82, 2.24) is 4.90 Å². The number of carbonyl (C=O) groups excluding carboxylic acids is 1. The number of hydrogen-bond acceptors (Lipinski definition) is 4. The Balaban J connectivity index is 2.73. The van der Waals surface area contributed by atoms with E-state index in [0.717, 1.165) is 0 Å². The summed E-state index contributed by atoms with van der Waals surface area (Å²) in [6, 6.07) is -1.01. The van der Waals surface area contributed by atoms with Crippen LogP contribution in [0.25, 0.3) is 0 Å². The predicted octanol–water partition coefficient (Wildman–Crippen LogP) is 0.831. The minimum atomic E-state index is -1.12. The van der Waals surface area contributed by atoms with Crippen molar-refractivity contribution in [3.63, 3.8) is 0 Å². The number of carbonyl (C=O) groups is 2. The molecule has 0 saturated carbocycles. The van der Waals surface area contributed by atoms with E-state index in [-0.39, 0.29) is 13.0 Å². The van der Waals surface area contributed by atoms with Crippen LogP contribution < -0.4 is 0 Å². The molecule has 0 aromatic carbocycles. The minimum Gasteiger partial charge on any atom is -0.480 e. The third kappa shape index (κ3) is 3.89. The number of aliphatic hydroxyl groups is 1. The second kappa shape index (κ2) is 4.91. The summed E-state index contributed by atoms with van der Waals surface area (Å²) in [6.45, 7) is 5.37. The Morgan fingerprint density at radius 3 is 2.41 bits per heavy atom. The van der Waals surface area contributed by atoms with Gasteiger partial charge >= 0.3 is 12.1 Å². The van der Waals surface area contributed by atoms with Crippen molar-refractivity contribution in [2.24, 2.45) is 0 Å². The standard InChI is InChI=1S/C11H19NO5/c1-11(2,3)17-10(16)12-5-4-7(13)6-8(12)9(14)15/h7-8,13H,4-6H2,1-3H3,(H,14,15)/t7-,8+/m0/s1. The Bertz CT molecular complexity index is 309. The summed E-state index contributed by atoms with van der Waals surface area (Å²) >= 11 is 0. The maximum atomic E-state index is 11.8. The Hall–Kier alpha value is -1.30. The van der Waals surface area contributed by atoms with Gasteiger partial charge in [-0.15, -0.1) is 0 Å². The van der Waals surface area contributed by atoms with Crippen molar-refractivity contribution in [3.05, 3.63) is 0 Å². The van der Waals surface area contributed by atoms with Crippen LogP contribution in [0.5, 0.6) is 0 Å². The molecule has 0 aromatic rings. The summed E-state index contributed by atoms with van der Waals surface area (Å²) in [5, 5.41) is 18.4. The minimum absolute atomic E-state index is 0.0502. The molecular formula is C11H19NO5. The van der Waals surface area contributed by atoms with Gasteiger partial charge in [0.2, 0.25) is 0 Å². The van der Waals surface area contributed by atoms with Crippen molar-refractivity contribution in [2.45, 2.75) is 51.4 Å². The molecule has 0 bridgehead atoms. The molecule has 0 spiro atoms. The quantitative estimate of drug-likeness (QED) is 0.714. The number of aliphatic hydroxyl groups excluding tert-OH is 1. The number of piperidine rings is 1. The fourth-order valence-electron chi connectivity index (χ4n) is 1.72. The Morgan fingerprint density at radius 1 is 1.35 bits per heavy atom. The molecule has 1 fully saturated rings. The van der Waals surface area contributed by atoms with E-state index < -0.39 is 29.8 Å². The first-order valence-corrected chi connectivity index (χ1v) is 5.61. The molecule has 1 rings (SSSR count). The zero-order chi connectivity index (χ0) is 13.2. The van der Waals surface area contributed by atoms with Crippen LogP contribution in [0, 0.1) is 0 Å². The number of carboxylic acids is 1. The zero-order valence-electron chi connectivity index (χ0n) is 10.3. The van der Waals surface area contributed by atoms with Crippen LogP contribution in [0.3, 0.4) is 0 Å². The van der Waals surface area contributed by atoms with Gasteiger partial charge in [-0.25, -0.2) is 9.59 Å². The average Bonchev–Trinajstić information content (AvgIpc) is 2.14. The van der Waals surface area contributed by atoms with Crippen LogP contribution in [-0.4, -0.2) is 51.5 Å². The number of amides is 1. The van der Waals surface area contributed by atoms with Gasteiger partial charge in [0.05, 0.1) is 6.10 Å². The van der Waals surface area contributed by atoms with Crippen molar-refractivity contribution >= 4 is 12.1 Å².